The Hall–Kier alpha value is -1.60. The van der Waals surface area contributed by atoms with Crippen LogP contribution in [0.25, 0.3) is 0 Å². The molecular weight excluding hydrogens is 342 g/mol. The number of hydrogen-bond donors (Lipinski definition) is 4. The molecule has 0 fully saturated rings. The molecule has 0 aliphatic carbocycles. The summed E-state index contributed by atoms with van der Waals surface area (Å²) < 4.78 is 5.90. The van der Waals surface area contributed by atoms with Gasteiger partial charge in [-0.25, -0.2) is 0 Å². The summed E-state index contributed by atoms with van der Waals surface area (Å²) in [5.41, 5.74) is 3.62. The first-order chi connectivity index (χ1) is 9.58. The highest BCUT2D eigenvalue weighted by atomic mass is 79.9. The summed E-state index contributed by atoms with van der Waals surface area (Å²) in [6.45, 7) is 6.51. The zero-order valence-electron chi connectivity index (χ0n) is 11.1. The summed E-state index contributed by atoms with van der Waals surface area (Å²) in [7, 11) is 0. The van der Waals surface area contributed by atoms with Crippen molar-refractivity contribution in [1.82, 2.24) is 10.7 Å². The van der Waals surface area contributed by atoms with Crippen molar-refractivity contribution in [2.75, 3.05) is 13.2 Å². The minimum atomic E-state index is 0.0835. The molecular formula is C13H17BrN3O2S+. The van der Waals surface area contributed by atoms with E-state index in [0.717, 1.165) is 5.56 Å². The number of ether oxygens (including phenoxy) is 1. The number of hydrogen-bond acceptors (Lipinski definition) is 3. The number of phenols is 1. The van der Waals surface area contributed by atoms with Crippen molar-refractivity contribution in [3.63, 3.8) is 0 Å². The number of aromatic hydroxyl groups is 1. The van der Waals surface area contributed by atoms with Crippen LogP contribution in [-0.2, 0) is 0 Å². The molecule has 5 nitrogen and oxygen atoms in total. The highest BCUT2D eigenvalue weighted by Gasteiger charge is 2.09. The summed E-state index contributed by atoms with van der Waals surface area (Å²) in [5.74, 6) is 0.502. The Morgan fingerprint density at radius 3 is 3.00 bits per heavy atom. The van der Waals surface area contributed by atoms with E-state index in [1.165, 1.54) is 0 Å². The van der Waals surface area contributed by atoms with Gasteiger partial charge in [0, 0.05) is 12.1 Å². The summed E-state index contributed by atoms with van der Waals surface area (Å²) in [6, 6.07) is 3.48. The quantitative estimate of drug-likeness (QED) is 0.260. The largest absolute Gasteiger partial charge is 0.503 e. The van der Waals surface area contributed by atoms with Crippen LogP contribution >= 0.6 is 28.1 Å². The van der Waals surface area contributed by atoms with Crippen molar-refractivity contribution in [1.29, 1.82) is 0 Å². The number of thiocarbonyl (C=S) groups is 1. The Morgan fingerprint density at radius 2 is 2.35 bits per heavy atom. The SMILES string of the molecule is C=CCNC(=S)N/[NH+]=C/c1cc(Br)c(O)c(OCC)c1. The second-order valence-corrected chi connectivity index (χ2v) is 4.96. The number of rotatable bonds is 6. The van der Waals surface area contributed by atoms with Crippen LogP contribution in [0.3, 0.4) is 0 Å². The Balaban J connectivity index is 2.72. The van der Waals surface area contributed by atoms with Gasteiger partial charge in [0.05, 0.1) is 11.1 Å². The maximum absolute atomic E-state index is 9.80. The molecule has 1 aromatic carbocycles. The highest BCUT2D eigenvalue weighted by molar-refractivity contribution is 9.10. The summed E-state index contributed by atoms with van der Waals surface area (Å²) in [4.78, 5) is 0. The number of benzene rings is 1. The number of halogens is 1. The van der Waals surface area contributed by atoms with Crippen molar-refractivity contribution in [2.24, 2.45) is 0 Å². The van der Waals surface area contributed by atoms with Crippen molar-refractivity contribution >= 4 is 39.5 Å². The van der Waals surface area contributed by atoms with E-state index in [1.807, 2.05) is 6.92 Å². The number of hydrazine groups is 1. The predicted octanol–water partition coefficient (Wildman–Crippen LogP) is 0.618. The molecule has 7 heteroatoms. The van der Waals surface area contributed by atoms with Crippen LogP contribution < -0.4 is 20.6 Å². The van der Waals surface area contributed by atoms with Crippen LogP contribution in [-0.4, -0.2) is 29.6 Å². The fourth-order valence-electron chi connectivity index (χ4n) is 1.34. The molecule has 1 rings (SSSR count). The van der Waals surface area contributed by atoms with Crippen molar-refractivity contribution < 1.29 is 14.9 Å². The fraction of sp³-hybridized carbons (Fsp3) is 0.231. The predicted molar refractivity (Wildman–Crippen MR) is 87.0 cm³/mol. The van der Waals surface area contributed by atoms with Gasteiger partial charge in [-0.05, 0) is 47.2 Å². The van der Waals surface area contributed by atoms with Gasteiger partial charge in [0.25, 0.3) is 0 Å². The van der Waals surface area contributed by atoms with Gasteiger partial charge < -0.3 is 15.2 Å². The van der Waals surface area contributed by atoms with Gasteiger partial charge in [-0.15, -0.1) is 17.1 Å². The molecule has 1 aromatic rings. The monoisotopic (exact) mass is 358 g/mol. The first-order valence-corrected chi connectivity index (χ1v) is 7.17. The summed E-state index contributed by atoms with van der Waals surface area (Å²) in [5, 5.41) is 16.0. The molecule has 0 radical (unpaired) electrons. The summed E-state index contributed by atoms with van der Waals surface area (Å²) in [6.07, 6.45) is 3.41. The molecule has 0 bridgehead atoms. The minimum absolute atomic E-state index is 0.0835. The standard InChI is InChI=1S/C13H16BrN3O2S/c1-3-5-15-13(20)17-16-8-9-6-10(14)12(18)11(7-9)19-4-2/h3,6-8,18H,1,4-5H2,2H3,(H2,15,17,20)/p+1/b16-8+. The lowest BCUT2D eigenvalue weighted by Crippen LogP contribution is -2.82. The number of hydrazone groups is 1. The van der Waals surface area contributed by atoms with Crippen LogP contribution in [0, 0.1) is 0 Å². The lowest BCUT2D eigenvalue weighted by molar-refractivity contribution is -0.500. The molecule has 0 amide bonds. The molecule has 0 saturated heterocycles. The average Bonchev–Trinajstić information content (AvgIpc) is 2.42. The third-order valence-electron chi connectivity index (χ3n) is 2.18. The van der Waals surface area contributed by atoms with Crippen LogP contribution in [0.1, 0.15) is 12.5 Å². The third kappa shape index (κ3) is 5.18. The molecule has 0 aliphatic heterocycles. The Morgan fingerprint density at radius 1 is 1.60 bits per heavy atom. The van der Waals surface area contributed by atoms with Crippen LogP contribution in [0.4, 0.5) is 0 Å². The Bertz CT molecular complexity index is 521. The van der Waals surface area contributed by atoms with E-state index < -0.39 is 0 Å². The average molecular weight is 359 g/mol. The van der Waals surface area contributed by atoms with Gasteiger partial charge >= 0.3 is 0 Å². The maximum Gasteiger partial charge on any atom is 0.224 e. The van der Waals surface area contributed by atoms with Crippen LogP contribution in [0.5, 0.6) is 11.5 Å². The van der Waals surface area contributed by atoms with E-state index in [9.17, 15) is 5.11 Å². The van der Waals surface area contributed by atoms with Crippen molar-refractivity contribution in [2.45, 2.75) is 6.92 Å². The van der Waals surface area contributed by atoms with Gasteiger partial charge in [-0.1, -0.05) is 6.08 Å². The highest BCUT2D eigenvalue weighted by Crippen LogP contribution is 2.34. The normalized spacial score (nSPS) is 10.3. The lowest BCUT2D eigenvalue weighted by atomic mass is 10.2. The van der Waals surface area contributed by atoms with E-state index in [0.29, 0.717) is 28.5 Å². The van der Waals surface area contributed by atoms with Gasteiger partial charge in [-0.2, -0.15) is 0 Å². The molecule has 0 aromatic heterocycles. The van der Waals surface area contributed by atoms with Gasteiger partial charge in [-0.3, -0.25) is 0 Å². The van der Waals surface area contributed by atoms with E-state index in [4.69, 9.17) is 17.0 Å². The molecule has 0 unspecified atom stereocenters. The fourth-order valence-corrected chi connectivity index (χ4v) is 1.94. The molecule has 0 heterocycles. The van der Waals surface area contributed by atoms with Crippen molar-refractivity contribution in [3.05, 3.63) is 34.8 Å². The van der Waals surface area contributed by atoms with E-state index in [1.54, 1.807) is 24.4 Å². The molecule has 4 N–H and O–H groups in total. The van der Waals surface area contributed by atoms with Crippen LogP contribution in [0.2, 0.25) is 0 Å². The summed E-state index contributed by atoms with van der Waals surface area (Å²) >= 11 is 8.30. The van der Waals surface area contributed by atoms with Gasteiger partial charge in [0.15, 0.2) is 17.7 Å². The van der Waals surface area contributed by atoms with E-state index in [-0.39, 0.29) is 5.75 Å². The van der Waals surface area contributed by atoms with Crippen LogP contribution in [0.15, 0.2) is 29.3 Å². The molecule has 0 spiro atoms. The molecule has 108 valence electrons. The lowest BCUT2D eigenvalue weighted by Gasteiger charge is -2.07. The minimum Gasteiger partial charge on any atom is -0.503 e. The molecule has 0 atom stereocenters. The van der Waals surface area contributed by atoms with E-state index >= 15 is 0 Å². The second-order valence-electron chi connectivity index (χ2n) is 3.69. The number of phenolic OH excluding ortho intramolecular Hbond substituents is 1. The topological polar surface area (TPSA) is 67.5 Å². The van der Waals surface area contributed by atoms with E-state index in [2.05, 4.69) is 38.4 Å². The molecule has 0 aliphatic rings. The maximum atomic E-state index is 9.80. The Labute approximate surface area is 131 Å². The molecule has 0 saturated carbocycles. The zero-order valence-corrected chi connectivity index (χ0v) is 13.5. The smallest absolute Gasteiger partial charge is 0.224 e. The molecule has 20 heavy (non-hydrogen) atoms. The zero-order chi connectivity index (χ0) is 15.0. The first kappa shape index (κ1) is 16.5. The van der Waals surface area contributed by atoms with Gasteiger partial charge in [0.1, 0.15) is 0 Å². The third-order valence-corrected chi connectivity index (χ3v) is 3.03. The Kier molecular flexibility index (Phi) is 7.03. The number of nitrogens with one attached hydrogen (secondary N) is 3. The van der Waals surface area contributed by atoms with Crippen molar-refractivity contribution in [3.8, 4) is 11.5 Å². The first-order valence-electron chi connectivity index (χ1n) is 5.97. The van der Waals surface area contributed by atoms with Gasteiger partial charge in [0.2, 0.25) is 5.11 Å². The second kappa shape index (κ2) is 8.55.